The van der Waals surface area contributed by atoms with E-state index < -0.39 is 39.2 Å². The number of hydrogen-bond acceptors (Lipinski definition) is 6. The second-order valence-corrected chi connectivity index (χ2v) is 11.2. The van der Waals surface area contributed by atoms with Crippen LogP contribution in [0.1, 0.15) is 16.7 Å². The maximum absolute atomic E-state index is 13.2. The molecule has 0 unspecified atom stereocenters. The molecule has 14 heteroatoms. The highest BCUT2D eigenvalue weighted by Gasteiger charge is 2.34. The van der Waals surface area contributed by atoms with Crippen molar-refractivity contribution in [2.24, 2.45) is 5.10 Å². The van der Waals surface area contributed by atoms with Crippen LogP contribution in [0.4, 0.5) is 18.9 Å². The molecule has 0 radical (unpaired) electrons. The van der Waals surface area contributed by atoms with Crippen molar-refractivity contribution in [2.45, 2.75) is 12.8 Å². The lowest BCUT2D eigenvalue weighted by atomic mass is 10.2. The molecule has 8 nitrogen and oxygen atoms in total. The molecule has 0 heterocycles. The van der Waals surface area contributed by atoms with E-state index in [2.05, 4.69) is 26.5 Å². The van der Waals surface area contributed by atoms with Gasteiger partial charge in [0.2, 0.25) is 10.0 Å². The third-order valence-electron chi connectivity index (χ3n) is 5.11. The Bertz CT molecular complexity index is 1470. The highest BCUT2D eigenvalue weighted by Crippen LogP contribution is 2.38. The second-order valence-electron chi connectivity index (χ2n) is 8.03. The van der Waals surface area contributed by atoms with E-state index >= 15 is 0 Å². The van der Waals surface area contributed by atoms with E-state index in [9.17, 15) is 26.4 Å². The highest BCUT2D eigenvalue weighted by atomic mass is 79.9. The van der Waals surface area contributed by atoms with Crippen LogP contribution >= 0.6 is 27.5 Å². The van der Waals surface area contributed by atoms with Gasteiger partial charge in [-0.1, -0.05) is 41.9 Å². The van der Waals surface area contributed by atoms with Crippen LogP contribution in [0, 0.1) is 0 Å². The minimum Gasteiger partial charge on any atom is -0.493 e. The SMILES string of the molecule is COc1cc(/C=N\NC(=O)CN(c2ccc(Cl)c(C(F)(F)F)c2)S(C)(=O)=O)cc(Br)c1OCc1ccccc1. The summed E-state index contributed by atoms with van der Waals surface area (Å²) in [5, 5.41) is 3.21. The Morgan fingerprint density at radius 1 is 1.15 bits per heavy atom. The minimum atomic E-state index is -4.82. The molecule has 1 N–H and O–H groups in total. The summed E-state index contributed by atoms with van der Waals surface area (Å²) in [6.45, 7) is -0.525. The lowest BCUT2D eigenvalue weighted by Gasteiger charge is -2.22. The number of alkyl halides is 3. The Morgan fingerprint density at radius 3 is 2.46 bits per heavy atom. The zero-order chi connectivity index (χ0) is 28.8. The van der Waals surface area contributed by atoms with Gasteiger partial charge in [-0.3, -0.25) is 9.10 Å². The average molecular weight is 649 g/mol. The third-order valence-corrected chi connectivity index (χ3v) is 7.17. The molecule has 1 amide bonds. The van der Waals surface area contributed by atoms with Crippen molar-refractivity contribution in [1.82, 2.24) is 5.43 Å². The molecule has 0 bridgehead atoms. The molecular formula is C25H22BrClF3N3O5S. The first-order valence-electron chi connectivity index (χ1n) is 11.0. The van der Waals surface area contributed by atoms with E-state index in [0.717, 1.165) is 24.0 Å². The second kappa shape index (κ2) is 12.7. The van der Waals surface area contributed by atoms with Gasteiger partial charge in [0.25, 0.3) is 5.91 Å². The Kier molecular flexibility index (Phi) is 9.86. The summed E-state index contributed by atoms with van der Waals surface area (Å²) in [6, 6.07) is 15.3. The number of carbonyl (C=O) groups is 1. The molecule has 0 spiro atoms. The van der Waals surface area contributed by atoms with Crippen LogP contribution in [0.15, 0.2) is 70.2 Å². The normalized spacial score (nSPS) is 11.9. The maximum atomic E-state index is 13.2. The lowest BCUT2D eigenvalue weighted by molar-refractivity contribution is -0.137. The predicted octanol–water partition coefficient (Wildman–Crippen LogP) is 5.63. The minimum absolute atomic E-state index is 0.300. The van der Waals surface area contributed by atoms with Crippen molar-refractivity contribution in [2.75, 3.05) is 24.2 Å². The number of benzene rings is 3. The van der Waals surface area contributed by atoms with Gasteiger partial charge in [0.1, 0.15) is 13.2 Å². The van der Waals surface area contributed by atoms with Crippen molar-refractivity contribution < 1.29 is 35.9 Å². The molecule has 0 aromatic heterocycles. The summed E-state index contributed by atoms with van der Waals surface area (Å²) in [6.07, 6.45) is -2.78. The molecule has 0 aliphatic heterocycles. The summed E-state index contributed by atoms with van der Waals surface area (Å²) in [7, 11) is -2.68. The zero-order valence-electron chi connectivity index (χ0n) is 20.5. The van der Waals surface area contributed by atoms with Crippen molar-refractivity contribution >= 4 is 55.4 Å². The van der Waals surface area contributed by atoms with Gasteiger partial charge in [0, 0.05) is 0 Å². The predicted molar refractivity (Wildman–Crippen MR) is 146 cm³/mol. The van der Waals surface area contributed by atoms with Crippen molar-refractivity contribution in [1.29, 1.82) is 0 Å². The molecular weight excluding hydrogens is 627 g/mol. The largest absolute Gasteiger partial charge is 0.493 e. The first-order valence-corrected chi connectivity index (χ1v) is 14.0. The van der Waals surface area contributed by atoms with E-state index in [-0.39, 0.29) is 5.69 Å². The molecule has 3 rings (SSSR count). The summed E-state index contributed by atoms with van der Waals surface area (Å²) in [4.78, 5) is 12.4. The first kappa shape index (κ1) is 30.3. The van der Waals surface area contributed by atoms with Crippen LogP contribution in [0.5, 0.6) is 11.5 Å². The maximum Gasteiger partial charge on any atom is 0.417 e. The molecule has 0 atom stereocenters. The van der Waals surface area contributed by atoms with Crippen LogP contribution in [-0.2, 0) is 27.6 Å². The Balaban J connectivity index is 1.72. The van der Waals surface area contributed by atoms with Crippen molar-refractivity contribution in [3.63, 3.8) is 0 Å². The fraction of sp³-hybridized carbons (Fsp3) is 0.200. The van der Waals surface area contributed by atoms with Gasteiger partial charge in [0.05, 0.1) is 40.3 Å². The number of hydrogen-bond donors (Lipinski definition) is 1. The first-order chi connectivity index (χ1) is 18.3. The van der Waals surface area contributed by atoms with Gasteiger partial charge in [0.15, 0.2) is 11.5 Å². The molecule has 208 valence electrons. The van der Waals surface area contributed by atoms with Crippen molar-refractivity contribution in [3.8, 4) is 11.5 Å². The number of ether oxygens (including phenoxy) is 2. The van der Waals surface area contributed by atoms with Gasteiger partial charge in [-0.15, -0.1) is 0 Å². The van der Waals surface area contributed by atoms with Crippen LogP contribution in [0.3, 0.4) is 0 Å². The summed E-state index contributed by atoms with van der Waals surface area (Å²) in [5.74, 6) is -0.0545. The fourth-order valence-electron chi connectivity index (χ4n) is 3.31. The van der Waals surface area contributed by atoms with Gasteiger partial charge < -0.3 is 9.47 Å². The number of nitrogens with one attached hydrogen (secondary N) is 1. The number of anilines is 1. The zero-order valence-corrected chi connectivity index (χ0v) is 23.7. The van der Waals surface area contributed by atoms with E-state index in [1.807, 2.05) is 30.3 Å². The van der Waals surface area contributed by atoms with E-state index in [1.54, 1.807) is 12.1 Å². The van der Waals surface area contributed by atoms with E-state index in [0.29, 0.717) is 38.5 Å². The fourth-order valence-corrected chi connectivity index (χ4v) is 4.96. The number of halogens is 5. The summed E-state index contributed by atoms with van der Waals surface area (Å²) >= 11 is 9.04. The quantitative estimate of drug-likeness (QED) is 0.227. The van der Waals surface area contributed by atoms with Crippen LogP contribution in [-0.4, -0.2) is 40.4 Å². The Hall–Kier alpha value is -3.29. The number of amides is 1. The van der Waals surface area contributed by atoms with Crippen LogP contribution in [0.2, 0.25) is 5.02 Å². The molecule has 39 heavy (non-hydrogen) atoms. The molecule has 0 aliphatic carbocycles. The van der Waals surface area contributed by atoms with Gasteiger partial charge in [-0.2, -0.15) is 18.3 Å². The standard InChI is InChI=1S/C25H22BrClF3N3O5S/c1-37-22-11-17(10-20(26)24(22)38-15-16-6-4-3-5-7-16)13-31-32-23(34)14-33(39(2,35)36)18-8-9-21(27)19(12-18)25(28,29)30/h3-13H,14-15H2,1-2H3,(H,32,34)/b31-13-. The molecule has 3 aromatic rings. The van der Waals surface area contributed by atoms with E-state index in [4.69, 9.17) is 21.1 Å². The average Bonchev–Trinajstić information content (AvgIpc) is 2.86. The molecule has 0 fully saturated rings. The third kappa shape index (κ3) is 8.35. The van der Waals surface area contributed by atoms with Crippen LogP contribution in [0.25, 0.3) is 0 Å². The van der Waals surface area contributed by atoms with Gasteiger partial charge >= 0.3 is 6.18 Å². The van der Waals surface area contributed by atoms with Crippen molar-refractivity contribution in [3.05, 3.63) is 86.8 Å². The van der Waals surface area contributed by atoms with Crippen LogP contribution < -0.4 is 19.2 Å². The van der Waals surface area contributed by atoms with E-state index in [1.165, 1.54) is 13.3 Å². The number of carbonyl (C=O) groups excluding carboxylic acids is 1. The number of sulfonamides is 1. The monoisotopic (exact) mass is 647 g/mol. The van der Waals surface area contributed by atoms with Gasteiger partial charge in [-0.25, -0.2) is 13.8 Å². The Morgan fingerprint density at radius 2 is 1.85 bits per heavy atom. The number of hydrazone groups is 1. The number of rotatable bonds is 10. The molecule has 0 aliphatic rings. The number of nitrogens with zero attached hydrogens (tertiary/aromatic N) is 2. The topological polar surface area (TPSA) is 97.3 Å². The molecule has 0 saturated heterocycles. The smallest absolute Gasteiger partial charge is 0.417 e. The summed E-state index contributed by atoms with van der Waals surface area (Å²) < 4.78 is 76.6. The summed E-state index contributed by atoms with van der Waals surface area (Å²) in [5.41, 5.74) is 2.01. The highest BCUT2D eigenvalue weighted by molar-refractivity contribution is 9.10. The number of methoxy groups -OCH3 is 1. The lowest BCUT2D eigenvalue weighted by Crippen LogP contribution is -2.39. The Labute approximate surface area is 236 Å². The van der Waals surface area contributed by atoms with Gasteiger partial charge in [-0.05, 0) is 57.4 Å². The molecule has 0 saturated carbocycles. The molecule has 3 aromatic carbocycles.